The van der Waals surface area contributed by atoms with Crippen molar-refractivity contribution < 1.29 is 4.79 Å². The summed E-state index contributed by atoms with van der Waals surface area (Å²) >= 11 is 0. The Balaban J connectivity index is 3.22. The minimum Gasteiger partial charge on any atom is -0.329 e. The van der Waals surface area contributed by atoms with E-state index < -0.39 is 5.54 Å². The first-order chi connectivity index (χ1) is 9.11. The molecule has 1 aromatic heterocycles. The fourth-order valence-electron chi connectivity index (χ4n) is 2.97. The highest BCUT2D eigenvalue weighted by Crippen LogP contribution is 2.28. The van der Waals surface area contributed by atoms with Gasteiger partial charge in [0.1, 0.15) is 0 Å². The monoisotopic (exact) mass is 265 g/mol. The fourth-order valence-corrected chi connectivity index (χ4v) is 2.97. The summed E-state index contributed by atoms with van der Waals surface area (Å²) in [5.41, 5.74) is -0.415. The number of aromatic nitrogens is 2. The van der Waals surface area contributed by atoms with Crippen LogP contribution in [0.25, 0.3) is 0 Å². The number of aryl methyl sites for hydroxylation is 1. The maximum atomic E-state index is 13.0. The number of carbonyl (C=O) groups is 1. The van der Waals surface area contributed by atoms with Gasteiger partial charge in [-0.2, -0.15) is 0 Å². The molecule has 1 heterocycles. The van der Waals surface area contributed by atoms with E-state index in [-0.39, 0.29) is 5.78 Å². The van der Waals surface area contributed by atoms with Gasteiger partial charge in [-0.15, -0.1) is 0 Å². The Bertz CT molecular complexity index is 403. The molecule has 0 aromatic carbocycles. The zero-order valence-corrected chi connectivity index (χ0v) is 12.9. The molecule has 1 aromatic rings. The minimum atomic E-state index is -0.415. The molecule has 4 heteroatoms. The molecular formula is C15H27N3O. The average molecular weight is 265 g/mol. The molecule has 0 aliphatic rings. The van der Waals surface area contributed by atoms with E-state index in [1.165, 1.54) is 0 Å². The second-order valence-corrected chi connectivity index (χ2v) is 4.78. The summed E-state index contributed by atoms with van der Waals surface area (Å²) in [6.45, 7) is 13.0. The third-order valence-electron chi connectivity index (χ3n) is 4.22. The molecule has 0 radical (unpaired) electrons. The quantitative estimate of drug-likeness (QED) is 0.678. The van der Waals surface area contributed by atoms with Gasteiger partial charge in [0.15, 0.2) is 5.82 Å². The molecule has 0 amide bonds. The maximum absolute atomic E-state index is 13.0. The SMILES string of the molecule is CCN(CC)C(CC)(CC)C(=O)c1nccn1CC. The molecule has 0 unspecified atom stereocenters. The highest BCUT2D eigenvalue weighted by atomic mass is 16.1. The zero-order chi connectivity index (χ0) is 14.5. The van der Waals surface area contributed by atoms with E-state index in [4.69, 9.17) is 0 Å². The van der Waals surface area contributed by atoms with E-state index in [1.807, 2.05) is 17.7 Å². The normalized spacial score (nSPS) is 12.1. The van der Waals surface area contributed by atoms with Crippen LogP contribution in [0.4, 0.5) is 0 Å². The first-order valence-corrected chi connectivity index (χ1v) is 7.42. The van der Waals surface area contributed by atoms with Gasteiger partial charge in [-0.1, -0.05) is 27.7 Å². The third kappa shape index (κ3) is 2.73. The van der Waals surface area contributed by atoms with Gasteiger partial charge in [-0.25, -0.2) is 4.98 Å². The average Bonchev–Trinajstić information content (AvgIpc) is 2.92. The molecule has 108 valence electrons. The second kappa shape index (κ2) is 6.85. The molecule has 0 aliphatic carbocycles. The van der Waals surface area contributed by atoms with Crippen molar-refractivity contribution in [3.05, 3.63) is 18.2 Å². The Hall–Kier alpha value is -1.16. The number of likely N-dealkylation sites (N-methyl/N-ethyl adjacent to an activating group) is 1. The van der Waals surface area contributed by atoms with Gasteiger partial charge >= 0.3 is 0 Å². The lowest BCUT2D eigenvalue weighted by molar-refractivity contribution is 0.0519. The molecule has 0 spiro atoms. The van der Waals surface area contributed by atoms with Gasteiger partial charge < -0.3 is 4.57 Å². The van der Waals surface area contributed by atoms with Crippen LogP contribution in [0.15, 0.2) is 12.4 Å². The lowest BCUT2D eigenvalue weighted by Crippen LogP contribution is -2.54. The number of Topliss-reactive ketones (excluding diaryl/α,β-unsaturated/α-hetero) is 1. The van der Waals surface area contributed by atoms with Crippen LogP contribution < -0.4 is 0 Å². The molecule has 0 bridgehead atoms. The van der Waals surface area contributed by atoms with E-state index in [1.54, 1.807) is 6.20 Å². The van der Waals surface area contributed by atoms with Crippen molar-refractivity contribution in [3.63, 3.8) is 0 Å². The van der Waals surface area contributed by atoms with Crippen molar-refractivity contribution in [1.29, 1.82) is 0 Å². The predicted molar refractivity (Wildman–Crippen MR) is 78.5 cm³/mol. The highest BCUT2D eigenvalue weighted by Gasteiger charge is 2.41. The van der Waals surface area contributed by atoms with Gasteiger partial charge in [0.25, 0.3) is 0 Å². The lowest BCUT2D eigenvalue weighted by atomic mass is 9.85. The number of ketones is 1. The maximum Gasteiger partial charge on any atom is 0.218 e. The molecule has 0 N–H and O–H groups in total. The fraction of sp³-hybridized carbons (Fsp3) is 0.733. The van der Waals surface area contributed by atoms with E-state index in [0.717, 1.165) is 32.5 Å². The van der Waals surface area contributed by atoms with Crippen molar-refractivity contribution in [2.24, 2.45) is 0 Å². The summed E-state index contributed by atoms with van der Waals surface area (Å²) < 4.78 is 1.94. The number of rotatable bonds is 8. The smallest absolute Gasteiger partial charge is 0.218 e. The third-order valence-corrected chi connectivity index (χ3v) is 4.22. The van der Waals surface area contributed by atoms with Crippen molar-refractivity contribution in [1.82, 2.24) is 14.5 Å². The first kappa shape index (κ1) is 15.9. The van der Waals surface area contributed by atoms with Gasteiger partial charge in [-0.3, -0.25) is 9.69 Å². The number of hydrogen-bond donors (Lipinski definition) is 0. The molecule has 0 saturated heterocycles. The summed E-state index contributed by atoms with van der Waals surface area (Å²) in [5.74, 6) is 0.756. The number of hydrogen-bond acceptors (Lipinski definition) is 3. The second-order valence-electron chi connectivity index (χ2n) is 4.78. The van der Waals surface area contributed by atoms with Crippen LogP contribution in [-0.4, -0.2) is 38.9 Å². The lowest BCUT2D eigenvalue weighted by Gasteiger charge is -2.40. The molecule has 0 atom stereocenters. The Morgan fingerprint density at radius 1 is 1.21 bits per heavy atom. The van der Waals surface area contributed by atoms with Gasteiger partial charge in [0, 0.05) is 18.9 Å². The standard InChI is InChI=1S/C15H27N3O/c1-6-15(7-2,18(9-4)10-5)13(19)14-16-11-12-17(14)8-3/h11-12H,6-10H2,1-5H3. The van der Waals surface area contributed by atoms with E-state index in [9.17, 15) is 4.79 Å². The van der Waals surface area contributed by atoms with Crippen LogP contribution in [0.2, 0.25) is 0 Å². The summed E-state index contributed by atoms with van der Waals surface area (Å²) in [7, 11) is 0. The summed E-state index contributed by atoms with van der Waals surface area (Å²) in [6, 6.07) is 0. The molecule has 0 aliphatic heterocycles. The molecule has 0 saturated carbocycles. The minimum absolute atomic E-state index is 0.160. The van der Waals surface area contributed by atoms with Crippen LogP contribution in [0, 0.1) is 0 Å². The highest BCUT2D eigenvalue weighted by molar-refractivity contribution is 6.00. The Morgan fingerprint density at radius 3 is 2.21 bits per heavy atom. The van der Waals surface area contributed by atoms with E-state index >= 15 is 0 Å². The zero-order valence-electron chi connectivity index (χ0n) is 12.9. The van der Waals surface area contributed by atoms with Gasteiger partial charge in [-0.05, 0) is 32.9 Å². The van der Waals surface area contributed by atoms with Gasteiger partial charge in [0.05, 0.1) is 5.54 Å². The number of carbonyl (C=O) groups excluding carboxylic acids is 1. The van der Waals surface area contributed by atoms with Gasteiger partial charge in [0.2, 0.25) is 5.78 Å². The van der Waals surface area contributed by atoms with E-state index in [0.29, 0.717) is 5.82 Å². The first-order valence-electron chi connectivity index (χ1n) is 7.42. The molecule has 19 heavy (non-hydrogen) atoms. The van der Waals surface area contributed by atoms with Crippen molar-refractivity contribution >= 4 is 5.78 Å². The number of nitrogens with zero attached hydrogens (tertiary/aromatic N) is 3. The number of imidazole rings is 1. The summed E-state index contributed by atoms with van der Waals surface area (Å²) in [6.07, 6.45) is 5.24. The predicted octanol–water partition coefficient (Wildman–Crippen LogP) is 2.99. The Kier molecular flexibility index (Phi) is 5.73. The largest absolute Gasteiger partial charge is 0.329 e. The Morgan fingerprint density at radius 2 is 1.79 bits per heavy atom. The molecule has 4 nitrogen and oxygen atoms in total. The van der Waals surface area contributed by atoms with Crippen molar-refractivity contribution in [2.75, 3.05) is 13.1 Å². The molecule has 1 rings (SSSR count). The van der Waals surface area contributed by atoms with Crippen LogP contribution >= 0.6 is 0 Å². The van der Waals surface area contributed by atoms with Crippen LogP contribution in [-0.2, 0) is 6.54 Å². The Labute approximate surface area is 116 Å². The van der Waals surface area contributed by atoms with E-state index in [2.05, 4.69) is 37.6 Å². The molecular weight excluding hydrogens is 238 g/mol. The van der Waals surface area contributed by atoms with Crippen LogP contribution in [0.5, 0.6) is 0 Å². The summed E-state index contributed by atoms with van der Waals surface area (Å²) in [5, 5.41) is 0. The summed E-state index contributed by atoms with van der Waals surface area (Å²) in [4.78, 5) is 19.6. The topological polar surface area (TPSA) is 38.1 Å². The molecule has 0 fully saturated rings. The van der Waals surface area contributed by atoms with Crippen molar-refractivity contribution in [2.45, 2.75) is 59.5 Å². The van der Waals surface area contributed by atoms with Crippen LogP contribution in [0.1, 0.15) is 58.1 Å². The van der Waals surface area contributed by atoms with Crippen molar-refractivity contribution in [3.8, 4) is 0 Å². The van der Waals surface area contributed by atoms with Crippen LogP contribution in [0.3, 0.4) is 0 Å².